The number of nitrogens with zero attached hydrogens (tertiary/aromatic N) is 1. The lowest BCUT2D eigenvalue weighted by molar-refractivity contribution is -0.144. The summed E-state index contributed by atoms with van der Waals surface area (Å²) in [7, 11) is 0. The molecule has 0 radical (unpaired) electrons. The van der Waals surface area contributed by atoms with Gasteiger partial charge < -0.3 is 9.47 Å². The maximum Gasteiger partial charge on any atom is 0.320 e. The van der Waals surface area contributed by atoms with E-state index in [0.29, 0.717) is 31.5 Å². The number of hydrogen-bond donors (Lipinski definition) is 0. The minimum absolute atomic E-state index is 0.163. The molecule has 1 fully saturated rings. The van der Waals surface area contributed by atoms with E-state index >= 15 is 0 Å². The fourth-order valence-electron chi connectivity index (χ4n) is 2.19. The molecule has 0 amide bonds. The van der Waals surface area contributed by atoms with E-state index in [1.165, 1.54) is 12.1 Å². The first-order valence-electron chi connectivity index (χ1n) is 7.47. The number of ether oxygens (including phenoxy) is 2. The van der Waals surface area contributed by atoms with E-state index in [9.17, 15) is 9.18 Å². The van der Waals surface area contributed by atoms with Gasteiger partial charge in [0.1, 0.15) is 11.6 Å². The number of halogens is 1. The maximum absolute atomic E-state index is 12.8. The average molecular weight is 295 g/mol. The molecule has 0 aliphatic heterocycles. The monoisotopic (exact) mass is 295 g/mol. The lowest BCUT2D eigenvalue weighted by atomic mass is 10.3. The first kappa shape index (κ1) is 15.8. The largest absolute Gasteiger partial charge is 0.494 e. The van der Waals surface area contributed by atoms with Crippen molar-refractivity contribution in [3.8, 4) is 5.75 Å². The van der Waals surface area contributed by atoms with E-state index < -0.39 is 0 Å². The lowest BCUT2D eigenvalue weighted by Gasteiger charge is -2.20. The van der Waals surface area contributed by atoms with Gasteiger partial charge in [-0.25, -0.2) is 4.39 Å². The Hall–Kier alpha value is -1.62. The van der Waals surface area contributed by atoms with E-state index in [1.54, 1.807) is 12.1 Å². The normalized spacial score (nSPS) is 14.2. The Labute approximate surface area is 124 Å². The average Bonchev–Trinajstić information content (AvgIpc) is 3.29. The molecule has 1 aliphatic carbocycles. The van der Waals surface area contributed by atoms with E-state index in [-0.39, 0.29) is 11.8 Å². The van der Waals surface area contributed by atoms with Crippen LogP contribution < -0.4 is 4.74 Å². The molecule has 0 N–H and O–H groups in total. The fraction of sp³-hybridized carbons (Fsp3) is 0.562. The number of carbonyl (C=O) groups excluding carboxylic acids is 1. The van der Waals surface area contributed by atoms with Crippen molar-refractivity contribution in [2.75, 3.05) is 26.3 Å². The van der Waals surface area contributed by atoms with Gasteiger partial charge in [0.2, 0.25) is 0 Å². The standard InChI is InChI=1S/C16H22FNO3/c1-2-20-16(19)12-18(14-6-7-14)10-3-11-21-15-8-4-13(17)5-9-15/h4-5,8-9,14H,2-3,6-7,10-12H2,1H3. The van der Waals surface area contributed by atoms with Crippen LogP contribution >= 0.6 is 0 Å². The van der Waals surface area contributed by atoms with Crippen molar-refractivity contribution in [2.45, 2.75) is 32.2 Å². The van der Waals surface area contributed by atoms with Crippen LogP contribution in [-0.4, -0.2) is 43.2 Å². The molecule has 0 bridgehead atoms. The van der Waals surface area contributed by atoms with Crippen LogP contribution in [-0.2, 0) is 9.53 Å². The van der Waals surface area contributed by atoms with Gasteiger partial charge >= 0.3 is 5.97 Å². The summed E-state index contributed by atoms with van der Waals surface area (Å²) in [5.41, 5.74) is 0. The highest BCUT2D eigenvalue weighted by Gasteiger charge is 2.30. The molecule has 1 saturated carbocycles. The van der Waals surface area contributed by atoms with E-state index in [2.05, 4.69) is 4.90 Å². The van der Waals surface area contributed by atoms with Crippen molar-refractivity contribution in [3.63, 3.8) is 0 Å². The molecule has 1 aromatic rings. The third-order valence-corrected chi connectivity index (χ3v) is 3.37. The van der Waals surface area contributed by atoms with Crippen LogP contribution in [0.4, 0.5) is 4.39 Å². The molecule has 2 rings (SSSR count). The van der Waals surface area contributed by atoms with Crippen LogP contribution in [0.2, 0.25) is 0 Å². The molecule has 5 heteroatoms. The second kappa shape index (κ2) is 7.98. The molecule has 0 unspecified atom stereocenters. The van der Waals surface area contributed by atoms with E-state index in [0.717, 1.165) is 25.8 Å². The maximum atomic E-state index is 12.8. The quantitative estimate of drug-likeness (QED) is 0.518. The molecular formula is C16H22FNO3. The number of rotatable bonds is 9. The van der Waals surface area contributed by atoms with Gasteiger partial charge in [0.25, 0.3) is 0 Å². The highest BCUT2D eigenvalue weighted by molar-refractivity contribution is 5.71. The third kappa shape index (κ3) is 5.71. The molecule has 0 heterocycles. The summed E-state index contributed by atoms with van der Waals surface area (Å²) in [6.07, 6.45) is 3.13. The number of benzene rings is 1. The van der Waals surface area contributed by atoms with E-state index in [4.69, 9.17) is 9.47 Å². The molecular weight excluding hydrogens is 273 g/mol. The first-order valence-corrected chi connectivity index (χ1v) is 7.47. The molecule has 1 aromatic carbocycles. The minimum Gasteiger partial charge on any atom is -0.494 e. The van der Waals surface area contributed by atoms with Crippen molar-refractivity contribution in [3.05, 3.63) is 30.1 Å². The molecule has 0 aromatic heterocycles. The summed E-state index contributed by atoms with van der Waals surface area (Å²) in [5.74, 6) is 0.236. The topological polar surface area (TPSA) is 38.8 Å². The van der Waals surface area contributed by atoms with Crippen molar-refractivity contribution in [2.24, 2.45) is 0 Å². The van der Waals surface area contributed by atoms with Gasteiger partial charge in [-0.2, -0.15) is 0 Å². The number of esters is 1. The van der Waals surface area contributed by atoms with Crippen LogP contribution in [0.5, 0.6) is 5.75 Å². The zero-order valence-corrected chi connectivity index (χ0v) is 12.4. The van der Waals surface area contributed by atoms with Crippen LogP contribution in [0.15, 0.2) is 24.3 Å². The second-order valence-corrected chi connectivity index (χ2v) is 5.16. The van der Waals surface area contributed by atoms with Crippen molar-refractivity contribution >= 4 is 5.97 Å². The molecule has 1 aliphatic rings. The Kier molecular flexibility index (Phi) is 5.99. The van der Waals surface area contributed by atoms with Gasteiger partial charge in [-0.3, -0.25) is 9.69 Å². The predicted octanol–water partition coefficient (Wildman–Crippen LogP) is 2.62. The number of hydrogen-bond acceptors (Lipinski definition) is 4. The van der Waals surface area contributed by atoms with Gasteiger partial charge in [-0.15, -0.1) is 0 Å². The smallest absolute Gasteiger partial charge is 0.320 e. The zero-order chi connectivity index (χ0) is 15.1. The van der Waals surface area contributed by atoms with Gasteiger partial charge in [0, 0.05) is 12.6 Å². The van der Waals surface area contributed by atoms with E-state index in [1.807, 2.05) is 6.92 Å². The van der Waals surface area contributed by atoms with Crippen LogP contribution in [0, 0.1) is 5.82 Å². The van der Waals surface area contributed by atoms with Crippen LogP contribution in [0.25, 0.3) is 0 Å². The molecule has 21 heavy (non-hydrogen) atoms. The summed E-state index contributed by atoms with van der Waals surface area (Å²) in [4.78, 5) is 13.7. The second-order valence-electron chi connectivity index (χ2n) is 5.16. The molecule has 0 spiro atoms. The van der Waals surface area contributed by atoms with Gasteiger partial charge in [0.05, 0.1) is 19.8 Å². The Morgan fingerprint density at radius 3 is 2.67 bits per heavy atom. The summed E-state index contributed by atoms with van der Waals surface area (Å²) in [6, 6.07) is 6.51. The summed E-state index contributed by atoms with van der Waals surface area (Å²) < 4.78 is 23.3. The summed E-state index contributed by atoms with van der Waals surface area (Å²) in [6.45, 7) is 3.96. The number of carbonyl (C=O) groups is 1. The Morgan fingerprint density at radius 2 is 2.05 bits per heavy atom. The molecule has 4 nitrogen and oxygen atoms in total. The lowest BCUT2D eigenvalue weighted by Crippen LogP contribution is -2.34. The molecule has 0 saturated heterocycles. The highest BCUT2D eigenvalue weighted by Crippen LogP contribution is 2.26. The zero-order valence-electron chi connectivity index (χ0n) is 12.4. The van der Waals surface area contributed by atoms with Gasteiger partial charge in [-0.1, -0.05) is 0 Å². The van der Waals surface area contributed by atoms with Crippen molar-refractivity contribution < 1.29 is 18.7 Å². The van der Waals surface area contributed by atoms with Crippen LogP contribution in [0.3, 0.4) is 0 Å². The third-order valence-electron chi connectivity index (χ3n) is 3.37. The predicted molar refractivity (Wildman–Crippen MR) is 77.7 cm³/mol. The molecule has 0 atom stereocenters. The summed E-state index contributed by atoms with van der Waals surface area (Å²) in [5, 5.41) is 0. The Balaban J connectivity index is 1.67. The van der Waals surface area contributed by atoms with Crippen molar-refractivity contribution in [1.29, 1.82) is 0 Å². The summed E-state index contributed by atoms with van der Waals surface area (Å²) >= 11 is 0. The van der Waals surface area contributed by atoms with Crippen LogP contribution in [0.1, 0.15) is 26.2 Å². The van der Waals surface area contributed by atoms with Gasteiger partial charge in [-0.05, 0) is 50.5 Å². The Bertz CT molecular complexity index is 445. The first-order chi connectivity index (χ1) is 10.2. The Morgan fingerprint density at radius 1 is 1.33 bits per heavy atom. The highest BCUT2D eigenvalue weighted by atomic mass is 19.1. The van der Waals surface area contributed by atoms with Gasteiger partial charge in [0.15, 0.2) is 0 Å². The molecule has 116 valence electrons. The van der Waals surface area contributed by atoms with Crippen molar-refractivity contribution in [1.82, 2.24) is 4.90 Å². The SMILES string of the molecule is CCOC(=O)CN(CCCOc1ccc(F)cc1)C1CC1. The minimum atomic E-state index is -0.267. The fourth-order valence-corrected chi connectivity index (χ4v) is 2.19.